The van der Waals surface area contributed by atoms with Crippen molar-refractivity contribution in [1.82, 2.24) is 5.32 Å². The molecule has 0 spiro atoms. The Morgan fingerprint density at radius 1 is 1.53 bits per heavy atom. The standard InChI is InChI=1S/C12H18FN3O/c1-2-11(12(14)16-17)15-8-7-9-5-3-4-6-10(9)13/h3-6,11,15,17H,2,7-8H2,1H3,(H2,14,16). The normalized spacial score (nSPS) is 13.6. The lowest BCUT2D eigenvalue weighted by molar-refractivity contribution is 0.314. The summed E-state index contributed by atoms with van der Waals surface area (Å²) in [5.41, 5.74) is 6.16. The lowest BCUT2D eigenvalue weighted by Crippen LogP contribution is -2.41. The van der Waals surface area contributed by atoms with Crippen LogP contribution < -0.4 is 11.1 Å². The Balaban J connectivity index is 2.44. The predicted molar refractivity (Wildman–Crippen MR) is 65.6 cm³/mol. The van der Waals surface area contributed by atoms with Crippen LogP contribution >= 0.6 is 0 Å². The SMILES string of the molecule is CCC(NCCc1ccccc1F)C(N)=NO. The molecule has 0 amide bonds. The van der Waals surface area contributed by atoms with Crippen LogP contribution in [0.3, 0.4) is 0 Å². The molecular weight excluding hydrogens is 221 g/mol. The van der Waals surface area contributed by atoms with E-state index in [1.165, 1.54) is 6.07 Å². The largest absolute Gasteiger partial charge is 0.409 e. The molecule has 1 rings (SSSR count). The molecule has 0 aromatic heterocycles. The molecule has 1 aromatic rings. The number of nitrogens with two attached hydrogens (primary N) is 1. The van der Waals surface area contributed by atoms with Crippen LogP contribution in [0.25, 0.3) is 0 Å². The van der Waals surface area contributed by atoms with Gasteiger partial charge in [-0.3, -0.25) is 0 Å². The molecule has 4 nitrogen and oxygen atoms in total. The second-order valence-electron chi connectivity index (χ2n) is 3.78. The van der Waals surface area contributed by atoms with Crippen molar-refractivity contribution in [2.24, 2.45) is 10.9 Å². The number of amidine groups is 1. The Morgan fingerprint density at radius 3 is 2.82 bits per heavy atom. The van der Waals surface area contributed by atoms with Gasteiger partial charge in [0.15, 0.2) is 5.84 Å². The molecule has 17 heavy (non-hydrogen) atoms. The van der Waals surface area contributed by atoms with E-state index in [1.807, 2.05) is 6.92 Å². The fraction of sp³-hybridized carbons (Fsp3) is 0.417. The maximum atomic E-state index is 13.3. The van der Waals surface area contributed by atoms with Crippen molar-refractivity contribution >= 4 is 5.84 Å². The van der Waals surface area contributed by atoms with Crippen LogP contribution in [-0.4, -0.2) is 23.6 Å². The monoisotopic (exact) mass is 239 g/mol. The molecule has 5 heteroatoms. The lowest BCUT2D eigenvalue weighted by atomic mass is 10.1. The highest BCUT2D eigenvalue weighted by molar-refractivity contribution is 5.85. The maximum absolute atomic E-state index is 13.3. The fourth-order valence-electron chi connectivity index (χ4n) is 1.61. The first-order valence-electron chi connectivity index (χ1n) is 5.63. The van der Waals surface area contributed by atoms with E-state index in [4.69, 9.17) is 10.9 Å². The minimum Gasteiger partial charge on any atom is -0.409 e. The first-order valence-corrected chi connectivity index (χ1v) is 5.63. The summed E-state index contributed by atoms with van der Waals surface area (Å²) >= 11 is 0. The smallest absolute Gasteiger partial charge is 0.156 e. The van der Waals surface area contributed by atoms with Gasteiger partial charge in [0.2, 0.25) is 0 Å². The van der Waals surface area contributed by atoms with E-state index in [0.29, 0.717) is 24.9 Å². The van der Waals surface area contributed by atoms with Crippen LogP contribution in [0.5, 0.6) is 0 Å². The number of rotatable bonds is 6. The molecule has 4 N–H and O–H groups in total. The third kappa shape index (κ3) is 4.03. The summed E-state index contributed by atoms with van der Waals surface area (Å²) in [6, 6.07) is 6.49. The molecule has 94 valence electrons. The molecule has 0 saturated heterocycles. The van der Waals surface area contributed by atoms with Crippen LogP contribution in [0.15, 0.2) is 29.4 Å². The maximum Gasteiger partial charge on any atom is 0.156 e. The topological polar surface area (TPSA) is 70.6 Å². The van der Waals surface area contributed by atoms with Crippen LogP contribution in [0.2, 0.25) is 0 Å². The third-order valence-corrected chi connectivity index (χ3v) is 2.62. The summed E-state index contributed by atoms with van der Waals surface area (Å²) in [4.78, 5) is 0. The molecule has 1 atom stereocenters. The molecule has 0 radical (unpaired) electrons. The van der Waals surface area contributed by atoms with E-state index >= 15 is 0 Å². The van der Waals surface area contributed by atoms with Crippen LogP contribution in [0.4, 0.5) is 4.39 Å². The third-order valence-electron chi connectivity index (χ3n) is 2.62. The molecule has 0 aliphatic heterocycles. The van der Waals surface area contributed by atoms with Crippen molar-refractivity contribution in [2.75, 3.05) is 6.54 Å². The number of hydrogen-bond donors (Lipinski definition) is 3. The van der Waals surface area contributed by atoms with Gasteiger partial charge in [-0.25, -0.2) is 4.39 Å². The Hall–Kier alpha value is -1.62. The van der Waals surface area contributed by atoms with Crippen molar-refractivity contribution in [3.63, 3.8) is 0 Å². The average Bonchev–Trinajstić information content (AvgIpc) is 2.36. The zero-order valence-corrected chi connectivity index (χ0v) is 9.86. The first-order chi connectivity index (χ1) is 8.19. The fourth-order valence-corrected chi connectivity index (χ4v) is 1.61. The van der Waals surface area contributed by atoms with E-state index in [9.17, 15) is 4.39 Å². The summed E-state index contributed by atoms with van der Waals surface area (Å²) in [5, 5.41) is 14.6. The first kappa shape index (κ1) is 13.4. The summed E-state index contributed by atoms with van der Waals surface area (Å²) in [6.45, 7) is 2.51. The second kappa shape index (κ2) is 6.85. The number of nitrogens with one attached hydrogen (secondary N) is 1. The molecule has 0 aliphatic rings. The highest BCUT2D eigenvalue weighted by Crippen LogP contribution is 2.06. The van der Waals surface area contributed by atoms with Gasteiger partial charge in [0, 0.05) is 0 Å². The van der Waals surface area contributed by atoms with Gasteiger partial charge in [0.1, 0.15) is 5.82 Å². The summed E-state index contributed by atoms with van der Waals surface area (Å²) in [6.07, 6.45) is 1.29. The van der Waals surface area contributed by atoms with E-state index < -0.39 is 0 Å². The second-order valence-corrected chi connectivity index (χ2v) is 3.78. The number of nitrogens with zero attached hydrogens (tertiary/aromatic N) is 1. The Morgan fingerprint density at radius 2 is 2.24 bits per heavy atom. The number of benzene rings is 1. The lowest BCUT2D eigenvalue weighted by Gasteiger charge is -2.15. The Kier molecular flexibility index (Phi) is 5.42. The highest BCUT2D eigenvalue weighted by Gasteiger charge is 2.10. The van der Waals surface area contributed by atoms with Crippen LogP contribution in [0, 0.1) is 5.82 Å². The molecule has 0 bridgehead atoms. The zero-order chi connectivity index (χ0) is 12.7. The summed E-state index contributed by atoms with van der Waals surface area (Å²) in [5.74, 6) is -0.0489. The van der Waals surface area contributed by atoms with Gasteiger partial charge in [0.05, 0.1) is 6.04 Å². The summed E-state index contributed by atoms with van der Waals surface area (Å²) < 4.78 is 13.3. The quantitative estimate of drug-likeness (QED) is 0.305. The Bertz CT molecular complexity index is 382. The average molecular weight is 239 g/mol. The molecule has 0 aliphatic carbocycles. The molecule has 0 heterocycles. The van der Waals surface area contributed by atoms with Crippen molar-refractivity contribution in [2.45, 2.75) is 25.8 Å². The van der Waals surface area contributed by atoms with E-state index in [-0.39, 0.29) is 17.7 Å². The number of hydrogen-bond acceptors (Lipinski definition) is 3. The molecule has 0 saturated carbocycles. The van der Waals surface area contributed by atoms with Gasteiger partial charge < -0.3 is 16.3 Å². The van der Waals surface area contributed by atoms with E-state index in [1.54, 1.807) is 18.2 Å². The predicted octanol–water partition coefficient (Wildman–Crippen LogP) is 1.48. The van der Waals surface area contributed by atoms with Crippen molar-refractivity contribution in [1.29, 1.82) is 0 Å². The van der Waals surface area contributed by atoms with E-state index in [2.05, 4.69) is 10.5 Å². The highest BCUT2D eigenvalue weighted by atomic mass is 19.1. The molecule has 0 fully saturated rings. The van der Waals surface area contributed by atoms with Crippen LogP contribution in [-0.2, 0) is 6.42 Å². The van der Waals surface area contributed by atoms with Gasteiger partial charge in [-0.15, -0.1) is 0 Å². The van der Waals surface area contributed by atoms with Crippen molar-refractivity contribution < 1.29 is 9.60 Å². The number of halogens is 1. The Labute approximate surface area is 100 Å². The summed E-state index contributed by atoms with van der Waals surface area (Å²) in [7, 11) is 0. The van der Waals surface area contributed by atoms with Gasteiger partial charge in [0.25, 0.3) is 0 Å². The van der Waals surface area contributed by atoms with Gasteiger partial charge in [-0.05, 0) is 31.0 Å². The minimum atomic E-state index is -0.203. The van der Waals surface area contributed by atoms with Crippen molar-refractivity contribution in [3.8, 4) is 0 Å². The minimum absolute atomic E-state index is 0.154. The molecule has 1 unspecified atom stereocenters. The van der Waals surface area contributed by atoms with Gasteiger partial charge in [-0.2, -0.15) is 0 Å². The number of oxime groups is 1. The van der Waals surface area contributed by atoms with Crippen molar-refractivity contribution in [3.05, 3.63) is 35.6 Å². The molecule has 1 aromatic carbocycles. The van der Waals surface area contributed by atoms with Gasteiger partial charge in [-0.1, -0.05) is 30.3 Å². The van der Waals surface area contributed by atoms with Gasteiger partial charge >= 0.3 is 0 Å². The van der Waals surface area contributed by atoms with Crippen LogP contribution in [0.1, 0.15) is 18.9 Å². The zero-order valence-electron chi connectivity index (χ0n) is 9.86. The molecular formula is C12H18FN3O. The van der Waals surface area contributed by atoms with E-state index in [0.717, 1.165) is 0 Å².